The summed E-state index contributed by atoms with van der Waals surface area (Å²) in [5.74, 6) is 0.629. The number of fused-ring (bicyclic) bond motifs is 2. The van der Waals surface area contributed by atoms with Gasteiger partial charge < -0.3 is 14.8 Å². The van der Waals surface area contributed by atoms with E-state index in [2.05, 4.69) is 0 Å². The predicted molar refractivity (Wildman–Crippen MR) is 153 cm³/mol. The molecule has 0 fully saturated rings. The molecule has 0 spiro atoms. The van der Waals surface area contributed by atoms with Crippen molar-refractivity contribution in [3.63, 3.8) is 0 Å². The van der Waals surface area contributed by atoms with Crippen molar-refractivity contribution >= 4 is 21.8 Å². The van der Waals surface area contributed by atoms with Crippen LogP contribution < -0.4 is 11.1 Å². The van der Waals surface area contributed by atoms with E-state index in [1.165, 1.54) is 0 Å². The minimum atomic E-state index is -0.215. The van der Waals surface area contributed by atoms with Crippen LogP contribution in [0.4, 0.5) is 0 Å². The summed E-state index contributed by atoms with van der Waals surface area (Å²) in [5.41, 5.74) is 3.56. The lowest BCUT2D eigenvalue weighted by Gasteiger charge is -2.16. The first-order valence-electron chi connectivity index (χ1n) is 12.6. The van der Waals surface area contributed by atoms with Crippen LogP contribution in [-0.2, 0) is 13.0 Å². The first-order chi connectivity index (χ1) is 18.9. The van der Waals surface area contributed by atoms with Crippen molar-refractivity contribution in [2.45, 2.75) is 19.9 Å². The molecule has 0 aliphatic rings. The van der Waals surface area contributed by atoms with Gasteiger partial charge in [-0.3, -0.25) is 14.2 Å². The molecule has 0 atom stereocenters. The Morgan fingerprint density at radius 1 is 0.795 bits per heavy atom. The highest BCUT2D eigenvalue weighted by molar-refractivity contribution is 5.84. The van der Waals surface area contributed by atoms with Gasteiger partial charge in [0.1, 0.15) is 17.3 Å². The Labute approximate surface area is 223 Å². The molecule has 6 rings (SSSR count). The molecule has 0 aliphatic carbocycles. The van der Waals surface area contributed by atoms with Crippen LogP contribution in [0.1, 0.15) is 11.1 Å². The van der Waals surface area contributed by atoms with Crippen molar-refractivity contribution in [3.05, 3.63) is 129 Å². The number of hydrogen-bond donors (Lipinski definition) is 2. The minimum absolute atomic E-state index is 0.0640. The minimum Gasteiger partial charge on any atom is -0.508 e. The van der Waals surface area contributed by atoms with Crippen LogP contribution in [0.2, 0.25) is 0 Å². The molecule has 192 valence electrons. The van der Waals surface area contributed by atoms with Crippen LogP contribution in [0, 0.1) is 6.92 Å². The monoisotopic (exact) mass is 515 g/mol. The number of phenolic OH excluding ortho intramolecular Hbond substituents is 2. The van der Waals surface area contributed by atoms with Gasteiger partial charge in [-0.15, -0.1) is 0 Å². The quantitative estimate of drug-likeness (QED) is 0.324. The largest absolute Gasteiger partial charge is 0.508 e. The maximum absolute atomic E-state index is 13.7. The van der Waals surface area contributed by atoms with Crippen LogP contribution in [0.5, 0.6) is 11.5 Å². The fourth-order valence-electron chi connectivity index (χ4n) is 5.06. The van der Waals surface area contributed by atoms with E-state index in [0.717, 1.165) is 16.5 Å². The molecule has 2 heterocycles. The summed E-state index contributed by atoms with van der Waals surface area (Å²) < 4.78 is 3.15. The molecule has 0 unspecified atom stereocenters. The highest BCUT2D eigenvalue weighted by Crippen LogP contribution is 2.27. The van der Waals surface area contributed by atoms with Crippen molar-refractivity contribution in [2.75, 3.05) is 0 Å². The lowest BCUT2D eigenvalue weighted by molar-refractivity contribution is 0.465. The van der Waals surface area contributed by atoms with E-state index in [-0.39, 0.29) is 29.2 Å². The van der Waals surface area contributed by atoms with Gasteiger partial charge in [-0.1, -0.05) is 42.5 Å². The topological polar surface area (TPSA) is 97.4 Å². The van der Waals surface area contributed by atoms with E-state index in [0.29, 0.717) is 39.9 Å². The standard InChI is InChI=1S/C32H25N3O4/c1-20-17-30(38)34(28-19-24(36)12-13-25(20)28)16-15-22-18-23(11-14-29(22)37)35-31(21-7-3-2-4-8-21)33-27-10-6-5-9-26(27)32(35)39/h2-14,17-19,36-37H,15-16H2,1H3. The number of para-hydroxylation sites is 1. The maximum Gasteiger partial charge on any atom is 0.266 e. The number of rotatable bonds is 5. The molecule has 4 aromatic carbocycles. The van der Waals surface area contributed by atoms with Crippen molar-refractivity contribution in [1.29, 1.82) is 0 Å². The third kappa shape index (κ3) is 4.34. The summed E-state index contributed by atoms with van der Waals surface area (Å²) in [6.07, 6.45) is 0.323. The summed E-state index contributed by atoms with van der Waals surface area (Å²) >= 11 is 0. The third-order valence-corrected chi connectivity index (χ3v) is 7.04. The zero-order chi connectivity index (χ0) is 27.1. The number of benzene rings is 4. The van der Waals surface area contributed by atoms with Crippen LogP contribution in [0.3, 0.4) is 0 Å². The third-order valence-electron chi connectivity index (χ3n) is 7.04. The van der Waals surface area contributed by atoms with Crippen molar-refractivity contribution < 1.29 is 10.2 Å². The van der Waals surface area contributed by atoms with Crippen LogP contribution in [0.15, 0.2) is 107 Å². The highest BCUT2D eigenvalue weighted by atomic mass is 16.3. The van der Waals surface area contributed by atoms with Crippen molar-refractivity contribution in [3.8, 4) is 28.6 Å². The Morgan fingerprint density at radius 3 is 2.38 bits per heavy atom. The second-order valence-electron chi connectivity index (χ2n) is 9.54. The molecule has 0 saturated heterocycles. The predicted octanol–water partition coefficient (Wildman–Crippen LogP) is 5.33. The molecule has 0 amide bonds. The van der Waals surface area contributed by atoms with Crippen molar-refractivity contribution in [1.82, 2.24) is 14.1 Å². The zero-order valence-electron chi connectivity index (χ0n) is 21.2. The molecular weight excluding hydrogens is 490 g/mol. The highest BCUT2D eigenvalue weighted by Gasteiger charge is 2.16. The Bertz CT molecular complexity index is 1990. The van der Waals surface area contributed by atoms with E-state index in [1.54, 1.807) is 57.7 Å². The SMILES string of the molecule is Cc1cc(=O)n(CCc2cc(-n3c(-c4ccccc4)nc4ccccc4c3=O)ccc2O)c2cc(O)ccc12. The lowest BCUT2D eigenvalue weighted by atomic mass is 10.1. The summed E-state index contributed by atoms with van der Waals surface area (Å²) in [6.45, 7) is 2.13. The number of nitrogens with zero attached hydrogens (tertiary/aromatic N) is 3. The van der Waals surface area contributed by atoms with Gasteiger partial charge in [0.05, 0.1) is 22.1 Å². The first kappa shape index (κ1) is 24.2. The Kier molecular flexibility index (Phi) is 5.96. The Balaban J connectivity index is 1.47. The van der Waals surface area contributed by atoms with E-state index in [4.69, 9.17) is 4.98 Å². The molecule has 0 radical (unpaired) electrons. The van der Waals surface area contributed by atoms with Gasteiger partial charge in [0, 0.05) is 29.6 Å². The fraction of sp³-hybridized carbons (Fsp3) is 0.0938. The van der Waals surface area contributed by atoms with Gasteiger partial charge in [0.2, 0.25) is 0 Å². The second-order valence-corrected chi connectivity index (χ2v) is 9.54. The molecule has 0 aliphatic heterocycles. The molecule has 7 nitrogen and oxygen atoms in total. The number of aryl methyl sites for hydroxylation is 3. The second kappa shape index (κ2) is 9.61. The van der Waals surface area contributed by atoms with E-state index in [1.807, 2.05) is 55.5 Å². The molecule has 0 bridgehead atoms. The molecule has 2 N–H and O–H groups in total. The van der Waals surface area contributed by atoms with Gasteiger partial charge in [0.25, 0.3) is 11.1 Å². The van der Waals surface area contributed by atoms with Crippen LogP contribution in [0.25, 0.3) is 38.9 Å². The molecule has 39 heavy (non-hydrogen) atoms. The lowest BCUT2D eigenvalue weighted by Crippen LogP contribution is -2.23. The Hall–Kier alpha value is -5.17. The zero-order valence-corrected chi connectivity index (χ0v) is 21.2. The normalized spacial score (nSPS) is 11.3. The smallest absolute Gasteiger partial charge is 0.266 e. The van der Waals surface area contributed by atoms with Gasteiger partial charge in [-0.25, -0.2) is 4.98 Å². The number of aromatic hydroxyl groups is 2. The van der Waals surface area contributed by atoms with E-state index in [9.17, 15) is 19.8 Å². The molecule has 2 aromatic heterocycles. The number of aromatic nitrogens is 3. The Morgan fingerprint density at radius 2 is 1.56 bits per heavy atom. The number of phenols is 2. The number of hydrogen-bond acceptors (Lipinski definition) is 5. The average Bonchev–Trinajstić information content (AvgIpc) is 2.94. The first-order valence-corrected chi connectivity index (χ1v) is 12.6. The fourth-order valence-corrected chi connectivity index (χ4v) is 5.06. The van der Waals surface area contributed by atoms with Gasteiger partial charge in [0.15, 0.2) is 0 Å². The van der Waals surface area contributed by atoms with E-state index >= 15 is 0 Å². The summed E-state index contributed by atoms with van der Waals surface area (Å²) in [5, 5.41) is 22.1. The van der Waals surface area contributed by atoms with Crippen LogP contribution >= 0.6 is 0 Å². The summed E-state index contributed by atoms with van der Waals surface area (Å²) in [7, 11) is 0. The van der Waals surface area contributed by atoms with Gasteiger partial charge >= 0.3 is 0 Å². The molecule has 6 aromatic rings. The summed E-state index contributed by atoms with van der Waals surface area (Å²) in [4.78, 5) is 31.5. The maximum atomic E-state index is 13.7. The molecular formula is C32H25N3O4. The molecule has 0 saturated carbocycles. The number of pyridine rings is 1. The average molecular weight is 516 g/mol. The molecule has 7 heteroatoms. The van der Waals surface area contributed by atoms with Crippen LogP contribution in [-0.4, -0.2) is 24.3 Å². The van der Waals surface area contributed by atoms with Gasteiger partial charge in [-0.2, -0.15) is 0 Å². The van der Waals surface area contributed by atoms with E-state index < -0.39 is 0 Å². The van der Waals surface area contributed by atoms with Gasteiger partial charge in [-0.05, 0) is 66.9 Å². The van der Waals surface area contributed by atoms with Crippen molar-refractivity contribution in [2.24, 2.45) is 0 Å². The summed E-state index contributed by atoms with van der Waals surface area (Å²) in [6, 6.07) is 28.3.